The molecule has 0 radical (unpaired) electrons. The van der Waals surface area contributed by atoms with Crippen LogP contribution in [0.15, 0.2) is 0 Å². The van der Waals surface area contributed by atoms with Gasteiger partial charge >= 0.3 is 17.9 Å². The van der Waals surface area contributed by atoms with E-state index in [1.165, 1.54) is 20.8 Å². The number of aliphatic hydroxyl groups excluding tert-OH is 9. The minimum Gasteiger partial charge on any atom is -0.454 e. The lowest BCUT2D eigenvalue weighted by molar-refractivity contribution is -0.405. The average molecular weight is 1230 g/mol. The number of rotatable bonds is 22. The predicted molar refractivity (Wildman–Crippen MR) is 298 cm³/mol. The maximum atomic E-state index is 14.2. The molecule has 6 heterocycles. The summed E-state index contributed by atoms with van der Waals surface area (Å²) in [6.07, 6.45) is -24.6. The molecule has 85 heavy (non-hydrogen) atoms. The molecule has 0 bridgehead atoms. The molecule has 0 aliphatic carbocycles. The van der Waals surface area contributed by atoms with Crippen LogP contribution in [0.5, 0.6) is 0 Å². The third-order valence-corrected chi connectivity index (χ3v) is 17.4. The predicted octanol–water partition coefficient (Wildman–Crippen LogP) is 3.48. The van der Waals surface area contributed by atoms with Crippen molar-refractivity contribution in [2.45, 2.75) is 356 Å². The molecule has 494 valence electrons. The molecule has 6 fully saturated rings. The zero-order valence-corrected chi connectivity index (χ0v) is 51.2. The molecule has 9 N–H and O–H groups in total. The highest BCUT2D eigenvalue weighted by atomic mass is 16.8. The van der Waals surface area contributed by atoms with Gasteiger partial charge in [-0.25, -0.2) is 0 Å². The van der Waals surface area contributed by atoms with Gasteiger partial charge in [0.15, 0.2) is 56.1 Å². The van der Waals surface area contributed by atoms with Crippen LogP contribution in [0.2, 0.25) is 0 Å². The van der Waals surface area contributed by atoms with Gasteiger partial charge in [0.1, 0.15) is 73.2 Å². The van der Waals surface area contributed by atoms with Gasteiger partial charge in [-0.3, -0.25) is 14.4 Å². The van der Waals surface area contributed by atoms with Crippen LogP contribution in [-0.2, 0) is 76.0 Å². The number of unbranched alkanes of at least 4 members (excludes halogenated alkanes) is 8. The molecule has 0 aromatic rings. The summed E-state index contributed by atoms with van der Waals surface area (Å²) in [5.41, 5.74) is 0. The van der Waals surface area contributed by atoms with Gasteiger partial charge in [-0.15, -0.1) is 0 Å². The summed E-state index contributed by atoms with van der Waals surface area (Å²) in [4.78, 5) is 40.9. The molecule has 0 aromatic carbocycles. The molecule has 6 aliphatic heterocycles. The molecule has 27 unspecified atom stereocenters. The smallest absolute Gasteiger partial charge is 0.309 e. The minimum absolute atomic E-state index is 0.0369. The van der Waals surface area contributed by atoms with Crippen LogP contribution in [0.4, 0.5) is 0 Å². The average Bonchev–Trinajstić information content (AvgIpc) is 2.40. The van der Waals surface area contributed by atoms with Gasteiger partial charge in [-0.2, -0.15) is 0 Å². The molecule has 6 aliphatic rings. The second-order valence-corrected chi connectivity index (χ2v) is 24.3. The number of carbonyl (C=O) groups is 3. The van der Waals surface area contributed by atoms with Crippen molar-refractivity contribution in [2.24, 2.45) is 5.92 Å². The highest BCUT2D eigenvalue weighted by molar-refractivity contribution is 5.72. The van der Waals surface area contributed by atoms with E-state index in [9.17, 15) is 60.3 Å². The number of ether oxygens (including phenoxy) is 13. The van der Waals surface area contributed by atoms with E-state index in [4.69, 9.17) is 61.6 Å². The van der Waals surface area contributed by atoms with Crippen molar-refractivity contribution in [3.05, 3.63) is 0 Å². The molecule has 0 spiro atoms. The fourth-order valence-electron chi connectivity index (χ4n) is 11.7. The summed E-state index contributed by atoms with van der Waals surface area (Å²) in [6.45, 7) is 13.5. The zero-order chi connectivity index (χ0) is 62.1. The molecule has 6 rings (SSSR count). The van der Waals surface area contributed by atoms with Crippen molar-refractivity contribution in [3.8, 4) is 0 Å². The number of esters is 3. The first-order valence-electron chi connectivity index (χ1n) is 31.9. The molecule has 0 aromatic heterocycles. The second kappa shape index (κ2) is 35.3. The van der Waals surface area contributed by atoms with E-state index in [0.717, 1.165) is 89.9 Å². The van der Waals surface area contributed by atoms with Crippen molar-refractivity contribution < 1.29 is 122 Å². The van der Waals surface area contributed by atoms with Crippen LogP contribution in [0.25, 0.3) is 0 Å². The van der Waals surface area contributed by atoms with Crippen LogP contribution in [-0.4, -0.2) is 224 Å². The largest absolute Gasteiger partial charge is 0.454 e. The quantitative estimate of drug-likeness (QED) is 0.0425. The fourth-order valence-corrected chi connectivity index (χ4v) is 11.7. The highest BCUT2D eigenvalue weighted by Gasteiger charge is 2.59. The summed E-state index contributed by atoms with van der Waals surface area (Å²) in [6, 6.07) is 0. The Morgan fingerprint density at radius 1 is 0.482 bits per heavy atom. The zero-order valence-electron chi connectivity index (χ0n) is 51.2. The van der Waals surface area contributed by atoms with E-state index in [1.54, 1.807) is 20.8 Å². The SMILES string of the molecule is CCCCCCCCCC(=O)OC1C(OC2C(C)OC3OC4C(OC(CCCCC)CCCCCCCCCC(=O)OC3C2O)OC(C)C(O)C4O)OC(C)C(OC2OC(O)C(OC(=O)C(C)CC)C(O)C2O)C1OC1OC(C)C(O)C(O)C1O. The van der Waals surface area contributed by atoms with E-state index in [0.29, 0.717) is 38.5 Å². The standard InChI is InChI=1S/C60H104O25/c1-9-12-14-15-17-21-26-30-38(62)79-53-52(84-56-44(68)41(65)39(63)32(5)73-56)48(82-57-45(69)43(67)49(55(72)85-57)80-54(71)31(4)11-3)35(8)76-60(53)81-47-34(7)75-59-51(46(47)70)78-37(61)29-25-22-19-16-18-20-24-28-36(27-23-13-10-2)77-58-50(83-59)42(66)40(64)33(6)74-58/h31-36,39-53,55-60,63-70,72H,9-30H2,1-8H3. The summed E-state index contributed by atoms with van der Waals surface area (Å²) in [7, 11) is 0. The van der Waals surface area contributed by atoms with Gasteiger partial charge in [0, 0.05) is 12.8 Å². The molecular formula is C60H104O25. The molecule has 27 atom stereocenters. The van der Waals surface area contributed by atoms with Gasteiger partial charge < -0.3 is 108 Å². The number of carbonyl (C=O) groups excluding carboxylic acids is 3. The Bertz CT molecular complexity index is 1960. The lowest BCUT2D eigenvalue weighted by Gasteiger charge is -2.51. The summed E-state index contributed by atoms with van der Waals surface area (Å²) >= 11 is 0. The van der Waals surface area contributed by atoms with Crippen LogP contribution in [0.3, 0.4) is 0 Å². The third-order valence-electron chi connectivity index (χ3n) is 17.4. The van der Waals surface area contributed by atoms with Gasteiger partial charge in [-0.1, -0.05) is 124 Å². The first-order valence-corrected chi connectivity index (χ1v) is 31.9. The van der Waals surface area contributed by atoms with E-state index >= 15 is 0 Å². The Balaban J connectivity index is 1.35. The maximum absolute atomic E-state index is 14.2. The molecule has 25 nitrogen and oxygen atoms in total. The van der Waals surface area contributed by atoms with Crippen LogP contribution < -0.4 is 0 Å². The maximum Gasteiger partial charge on any atom is 0.309 e. The lowest BCUT2D eigenvalue weighted by atomic mass is 9.95. The van der Waals surface area contributed by atoms with Crippen LogP contribution in [0, 0.1) is 5.92 Å². The topological polar surface area (TPSA) is 353 Å². The Morgan fingerprint density at radius 2 is 1.02 bits per heavy atom. The van der Waals surface area contributed by atoms with Gasteiger partial charge in [0.05, 0.1) is 36.4 Å². The summed E-state index contributed by atoms with van der Waals surface area (Å²) in [5, 5.41) is 103. The molecule has 0 saturated carbocycles. The number of aliphatic hydroxyl groups is 9. The first kappa shape index (κ1) is 71.7. The normalized spacial score (nSPS) is 42.3. The third kappa shape index (κ3) is 19.8. The monoisotopic (exact) mass is 1220 g/mol. The Hall–Kier alpha value is -2.35. The van der Waals surface area contributed by atoms with Gasteiger partial charge in [0.2, 0.25) is 0 Å². The molecule has 0 amide bonds. The Kier molecular flexibility index (Phi) is 29.8. The van der Waals surface area contributed by atoms with Gasteiger partial charge in [-0.05, 0) is 59.8 Å². The van der Waals surface area contributed by atoms with Crippen molar-refractivity contribution in [1.29, 1.82) is 0 Å². The fraction of sp³-hybridized carbons (Fsp3) is 0.950. The Morgan fingerprint density at radius 3 is 1.72 bits per heavy atom. The minimum atomic E-state index is -2.05. The summed E-state index contributed by atoms with van der Waals surface area (Å²) in [5.74, 6) is -2.91. The number of hydrogen-bond donors (Lipinski definition) is 9. The van der Waals surface area contributed by atoms with Crippen molar-refractivity contribution in [3.63, 3.8) is 0 Å². The molecular weight excluding hydrogens is 1120 g/mol. The lowest BCUT2D eigenvalue weighted by Crippen LogP contribution is -2.68. The molecule has 25 heteroatoms. The van der Waals surface area contributed by atoms with Crippen molar-refractivity contribution in [1.82, 2.24) is 0 Å². The number of fused-ring (bicyclic) bond motifs is 2. The first-order chi connectivity index (χ1) is 40.6. The highest BCUT2D eigenvalue weighted by Crippen LogP contribution is 2.39. The van der Waals surface area contributed by atoms with E-state index in [2.05, 4.69) is 13.8 Å². The van der Waals surface area contributed by atoms with Crippen LogP contribution in [0.1, 0.15) is 197 Å². The van der Waals surface area contributed by atoms with Crippen molar-refractivity contribution in [2.75, 3.05) is 0 Å². The molecule has 6 saturated heterocycles. The summed E-state index contributed by atoms with van der Waals surface area (Å²) < 4.78 is 81.0. The van der Waals surface area contributed by atoms with Gasteiger partial charge in [0.25, 0.3) is 0 Å². The second-order valence-electron chi connectivity index (χ2n) is 24.3. The van der Waals surface area contributed by atoms with Crippen molar-refractivity contribution >= 4 is 17.9 Å². The van der Waals surface area contributed by atoms with E-state index < -0.39 is 178 Å². The van der Waals surface area contributed by atoms with Crippen LogP contribution >= 0.6 is 0 Å². The number of hydrogen-bond acceptors (Lipinski definition) is 25. The van der Waals surface area contributed by atoms with E-state index in [1.807, 2.05) is 0 Å². The van der Waals surface area contributed by atoms with E-state index in [-0.39, 0.29) is 18.9 Å². The Labute approximate surface area is 500 Å².